The lowest BCUT2D eigenvalue weighted by Crippen LogP contribution is -2.16. The fourth-order valence-corrected chi connectivity index (χ4v) is 3.50. The largest absolute Gasteiger partial charge is 0.497 e. The molecule has 2 aromatic rings. The summed E-state index contributed by atoms with van der Waals surface area (Å²) >= 11 is 13.2. The van der Waals surface area contributed by atoms with Crippen molar-refractivity contribution in [2.24, 2.45) is 5.92 Å². The zero-order valence-corrected chi connectivity index (χ0v) is 14.4. The second kappa shape index (κ2) is 5.72. The van der Waals surface area contributed by atoms with Crippen molar-refractivity contribution in [1.29, 1.82) is 0 Å². The van der Waals surface area contributed by atoms with Gasteiger partial charge in [-0.2, -0.15) is 0 Å². The second-order valence-corrected chi connectivity index (χ2v) is 7.90. The third-order valence-electron chi connectivity index (χ3n) is 3.53. The fraction of sp³-hybridized carbons (Fsp3) is 0.333. The quantitative estimate of drug-likeness (QED) is 0.832. The predicted octanol–water partition coefficient (Wildman–Crippen LogP) is 4.26. The average molecular weight is 357 g/mol. The molecule has 4 nitrogen and oxygen atoms in total. The Morgan fingerprint density at radius 1 is 1.41 bits per heavy atom. The number of halogens is 2. The molecule has 7 heteroatoms. The SMILES string of the molecule is COc1ccc(-c2nc(NC(=O)C3CC3(Cl)Cl)sc2C)cc1. The minimum Gasteiger partial charge on any atom is -0.497 e. The van der Waals surface area contributed by atoms with Crippen molar-refractivity contribution in [3.63, 3.8) is 0 Å². The van der Waals surface area contributed by atoms with Crippen LogP contribution in [0.3, 0.4) is 0 Å². The Labute approximate surface area is 142 Å². The minimum absolute atomic E-state index is 0.181. The molecule has 0 aliphatic heterocycles. The molecular weight excluding hydrogens is 343 g/mol. The van der Waals surface area contributed by atoms with Crippen LogP contribution in [0.4, 0.5) is 5.13 Å². The zero-order valence-electron chi connectivity index (χ0n) is 12.0. The smallest absolute Gasteiger partial charge is 0.232 e. The molecular formula is C15H14Cl2N2O2S. The highest BCUT2D eigenvalue weighted by Crippen LogP contribution is 2.53. The van der Waals surface area contributed by atoms with Gasteiger partial charge in [-0.15, -0.1) is 34.5 Å². The maximum Gasteiger partial charge on any atom is 0.232 e. The third kappa shape index (κ3) is 3.07. The number of aryl methyl sites for hydroxylation is 1. The first kappa shape index (κ1) is 15.6. The van der Waals surface area contributed by atoms with Gasteiger partial charge in [-0.05, 0) is 37.6 Å². The van der Waals surface area contributed by atoms with Gasteiger partial charge in [0, 0.05) is 10.4 Å². The van der Waals surface area contributed by atoms with Crippen LogP contribution in [0.1, 0.15) is 11.3 Å². The Hall–Kier alpha value is -1.30. The topological polar surface area (TPSA) is 51.2 Å². The summed E-state index contributed by atoms with van der Waals surface area (Å²) in [5.41, 5.74) is 1.83. The van der Waals surface area contributed by atoms with E-state index in [0.29, 0.717) is 11.6 Å². The van der Waals surface area contributed by atoms with E-state index in [2.05, 4.69) is 10.3 Å². The van der Waals surface area contributed by atoms with Crippen LogP contribution in [-0.4, -0.2) is 22.3 Å². The van der Waals surface area contributed by atoms with Gasteiger partial charge in [-0.3, -0.25) is 4.79 Å². The van der Waals surface area contributed by atoms with E-state index in [-0.39, 0.29) is 11.8 Å². The van der Waals surface area contributed by atoms with Crippen LogP contribution in [0.5, 0.6) is 5.75 Å². The Morgan fingerprint density at radius 2 is 2.05 bits per heavy atom. The Bertz CT molecular complexity index is 713. The summed E-state index contributed by atoms with van der Waals surface area (Å²) in [6.45, 7) is 1.97. The number of alkyl halides is 2. The molecule has 1 aromatic heterocycles. The summed E-state index contributed by atoms with van der Waals surface area (Å²) in [6.07, 6.45) is 0.484. The second-order valence-electron chi connectivity index (χ2n) is 5.16. The lowest BCUT2D eigenvalue weighted by Gasteiger charge is -2.02. The predicted molar refractivity (Wildman–Crippen MR) is 90.0 cm³/mol. The third-order valence-corrected chi connectivity index (χ3v) is 5.25. The number of ether oxygens (including phenoxy) is 1. The molecule has 0 spiro atoms. The Morgan fingerprint density at radius 3 is 2.59 bits per heavy atom. The average Bonchev–Trinajstić information content (AvgIpc) is 2.98. The summed E-state index contributed by atoms with van der Waals surface area (Å²) in [6, 6.07) is 7.64. The number of anilines is 1. The first-order valence-electron chi connectivity index (χ1n) is 6.71. The molecule has 1 atom stereocenters. The summed E-state index contributed by atoms with van der Waals surface area (Å²) in [4.78, 5) is 17.5. The van der Waals surface area contributed by atoms with Crippen molar-refractivity contribution >= 4 is 45.6 Å². The van der Waals surface area contributed by atoms with E-state index in [9.17, 15) is 4.79 Å². The van der Waals surface area contributed by atoms with Crippen LogP contribution in [0.25, 0.3) is 11.3 Å². The van der Waals surface area contributed by atoms with Crippen LogP contribution in [0.15, 0.2) is 24.3 Å². The number of methoxy groups -OCH3 is 1. The Kier molecular flexibility index (Phi) is 4.05. The van der Waals surface area contributed by atoms with Crippen LogP contribution in [0.2, 0.25) is 0 Å². The van der Waals surface area contributed by atoms with Crippen molar-refractivity contribution in [2.45, 2.75) is 17.7 Å². The van der Waals surface area contributed by atoms with Crippen molar-refractivity contribution in [1.82, 2.24) is 4.98 Å². The maximum atomic E-state index is 12.0. The van der Waals surface area contributed by atoms with Gasteiger partial charge in [0.05, 0.1) is 18.7 Å². The molecule has 1 heterocycles. The molecule has 1 amide bonds. The lowest BCUT2D eigenvalue weighted by atomic mass is 10.1. The highest BCUT2D eigenvalue weighted by molar-refractivity contribution is 7.16. The zero-order chi connectivity index (χ0) is 15.9. The van der Waals surface area contributed by atoms with E-state index in [1.807, 2.05) is 31.2 Å². The van der Waals surface area contributed by atoms with E-state index in [4.69, 9.17) is 27.9 Å². The number of amides is 1. The van der Waals surface area contributed by atoms with Gasteiger partial charge >= 0.3 is 0 Å². The number of aromatic nitrogens is 1. The lowest BCUT2D eigenvalue weighted by molar-refractivity contribution is -0.117. The standard InChI is InChI=1S/C15H14Cl2N2O2S/c1-8-12(9-3-5-10(21-2)6-4-9)18-14(22-8)19-13(20)11-7-15(11,16)17/h3-6,11H,7H2,1-2H3,(H,18,19,20). The van der Waals surface area contributed by atoms with Crippen LogP contribution in [0, 0.1) is 12.8 Å². The van der Waals surface area contributed by atoms with E-state index in [1.165, 1.54) is 11.3 Å². The molecule has 116 valence electrons. The van der Waals surface area contributed by atoms with E-state index < -0.39 is 4.33 Å². The maximum absolute atomic E-state index is 12.0. The number of nitrogens with zero attached hydrogens (tertiary/aromatic N) is 1. The molecule has 1 aliphatic rings. The summed E-state index contributed by atoms with van der Waals surface area (Å²) in [5, 5.41) is 3.35. The molecule has 1 N–H and O–H groups in total. The van der Waals surface area contributed by atoms with Crippen molar-refractivity contribution in [3.05, 3.63) is 29.1 Å². The molecule has 1 aliphatic carbocycles. The van der Waals surface area contributed by atoms with Crippen molar-refractivity contribution in [3.8, 4) is 17.0 Å². The van der Waals surface area contributed by atoms with Crippen LogP contribution in [-0.2, 0) is 4.79 Å². The summed E-state index contributed by atoms with van der Waals surface area (Å²) in [5.74, 6) is 0.254. The monoisotopic (exact) mass is 356 g/mol. The number of hydrogen-bond acceptors (Lipinski definition) is 4. The molecule has 3 rings (SSSR count). The van der Waals surface area contributed by atoms with Crippen LogP contribution >= 0.6 is 34.5 Å². The molecule has 22 heavy (non-hydrogen) atoms. The van der Waals surface area contributed by atoms with Gasteiger partial charge in [0.25, 0.3) is 0 Å². The van der Waals surface area contributed by atoms with Gasteiger partial charge in [-0.25, -0.2) is 4.98 Å². The summed E-state index contributed by atoms with van der Waals surface area (Å²) in [7, 11) is 1.63. The van der Waals surface area contributed by atoms with Gasteiger partial charge in [0.15, 0.2) is 5.13 Å². The highest BCUT2D eigenvalue weighted by Gasteiger charge is 2.56. The van der Waals surface area contributed by atoms with Crippen LogP contribution < -0.4 is 10.1 Å². The van der Waals surface area contributed by atoms with Gasteiger partial charge < -0.3 is 10.1 Å². The molecule has 1 saturated carbocycles. The van der Waals surface area contributed by atoms with Crippen molar-refractivity contribution < 1.29 is 9.53 Å². The number of rotatable bonds is 4. The number of thiazole rings is 1. The number of hydrogen-bond donors (Lipinski definition) is 1. The number of carbonyl (C=O) groups excluding carboxylic acids is 1. The highest BCUT2D eigenvalue weighted by atomic mass is 35.5. The molecule has 1 unspecified atom stereocenters. The molecule has 0 radical (unpaired) electrons. The van der Waals surface area contributed by atoms with E-state index in [1.54, 1.807) is 7.11 Å². The van der Waals surface area contributed by atoms with E-state index >= 15 is 0 Å². The molecule has 1 aromatic carbocycles. The van der Waals surface area contributed by atoms with Gasteiger partial charge in [0.2, 0.25) is 5.91 Å². The molecule has 0 saturated heterocycles. The fourth-order valence-electron chi connectivity index (χ4n) is 2.16. The minimum atomic E-state index is -0.921. The number of benzene rings is 1. The summed E-state index contributed by atoms with van der Waals surface area (Å²) < 4.78 is 4.22. The number of carbonyl (C=O) groups is 1. The number of nitrogens with one attached hydrogen (secondary N) is 1. The molecule has 1 fully saturated rings. The van der Waals surface area contributed by atoms with Gasteiger partial charge in [0.1, 0.15) is 10.1 Å². The normalized spacial score (nSPS) is 18.8. The first-order valence-corrected chi connectivity index (χ1v) is 8.28. The first-order chi connectivity index (χ1) is 10.4. The molecule has 0 bridgehead atoms. The van der Waals surface area contributed by atoms with E-state index in [0.717, 1.165) is 21.9 Å². The van der Waals surface area contributed by atoms with Gasteiger partial charge in [-0.1, -0.05) is 0 Å². The van der Waals surface area contributed by atoms with Crippen molar-refractivity contribution in [2.75, 3.05) is 12.4 Å². The Balaban J connectivity index is 1.77.